The number of likely N-dealkylation sites (tertiary alicyclic amines) is 1. The van der Waals surface area contributed by atoms with Gasteiger partial charge in [0.05, 0.1) is 18.8 Å². The molecule has 3 rings (SSSR count). The number of hydrogen-bond donors (Lipinski definition) is 3. The fourth-order valence-corrected chi connectivity index (χ4v) is 3.56. The topological polar surface area (TPSA) is 81.9 Å². The van der Waals surface area contributed by atoms with Crippen LogP contribution in [-0.2, 0) is 11.3 Å². The molecule has 1 fully saturated rings. The highest BCUT2D eigenvalue weighted by Crippen LogP contribution is 2.24. The summed E-state index contributed by atoms with van der Waals surface area (Å²) in [6.45, 7) is 3.49. The van der Waals surface area contributed by atoms with Gasteiger partial charge in [0.25, 0.3) is 0 Å². The number of amides is 1. The molecular formula is C22H32IN5O2. The van der Waals surface area contributed by atoms with Gasteiger partial charge in [0.2, 0.25) is 5.91 Å². The lowest BCUT2D eigenvalue weighted by atomic mass is 10.1. The molecule has 0 aliphatic carbocycles. The van der Waals surface area contributed by atoms with Gasteiger partial charge < -0.3 is 20.4 Å². The first-order valence-electron chi connectivity index (χ1n) is 10.3. The predicted octanol–water partition coefficient (Wildman–Crippen LogP) is 2.91. The fourth-order valence-electron chi connectivity index (χ4n) is 3.56. The highest BCUT2D eigenvalue weighted by atomic mass is 127. The summed E-state index contributed by atoms with van der Waals surface area (Å²) in [6, 6.07) is 14.0. The Bertz CT molecular complexity index is 761. The summed E-state index contributed by atoms with van der Waals surface area (Å²) in [6.07, 6.45) is 5.43. The van der Waals surface area contributed by atoms with E-state index in [1.807, 2.05) is 42.5 Å². The van der Waals surface area contributed by atoms with Gasteiger partial charge in [0.15, 0.2) is 5.96 Å². The van der Waals surface area contributed by atoms with Crippen molar-refractivity contribution in [2.45, 2.75) is 31.8 Å². The average Bonchev–Trinajstić information content (AvgIpc) is 3.30. The SMILES string of the molecule is CN=C(NCC(=O)NCc1ccccc1)NCC(c1ccco1)N1CCCCC1.I. The van der Waals surface area contributed by atoms with E-state index in [4.69, 9.17) is 4.42 Å². The summed E-state index contributed by atoms with van der Waals surface area (Å²) in [4.78, 5) is 18.8. The Labute approximate surface area is 195 Å². The number of benzene rings is 1. The first-order chi connectivity index (χ1) is 14.3. The number of nitrogens with zero attached hydrogens (tertiary/aromatic N) is 2. The van der Waals surface area contributed by atoms with Crippen LogP contribution in [0.4, 0.5) is 0 Å². The van der Waals surface area contributed by atoms with Crippen LogP contribution in [0.3, 0.4) is 0 Å². The molecule has 0 bridgehead atoms. The number of furan rings is 1. The Balaban J connectivity index is 0.00000320. The Morgan fingerprint density at radius 3 is 2.50 bits per heavy atom. The number of piperidine rings is 1. The Kier molecular flexibility index (Phi) is 10.7. The minimum absolute atomic E-state index is 0. The third kappa shape index (κ3) is 7.64. The number of guanidine groups is 1. The summed E-state index contributed by atoms with van der Waals surface area (Å²) in [5.41, 5.74) is 1.08. The lowest BCUT2D eigenvalue weighted by molar-refractivity contribution is -0.120. The monoisotopic (exact) mass is 525 g/mol. The van der Waals surface area contributed by atoms with Crippen LogP contribution in [0.2, 0.25) is 0 Å². The van der Waals surface area contributed by atoms with Gasteiger partial charge in [0.1, 0.15) is 5.76 Å². The van der Waals surface area contributed by atoms with Crippen LogP contribution >= 0.6 is 24.0 Å². The molecule has 1 aromatic carbocycles. The molecule has 2 aromatic rings. The van der Waals surface area contributed by atoms with Gasteiger partial charge in [0, 0.05) is 20.1 Å². The first-order valence-corrected chi connectivity index (χ1v) is 10.3. The summed E-state index contributed by atoms with van der Waals surface area (Å²) >= 11 is 0. The average molecular weight is 525 g/mol. The van der Waals surface area contributed by atoms with E-state index in [2.05, 4.69) is 25.8 Å². The van der Waals surface area contributed by atoms with Crippen molar-refractivity contribution < 1.29 is 9.21 Å². The van der Waals surface area contributed by atoms with E-state index in [0.29, 0.717) is 19.0 Å². The van der Waals surface area contributed by atoms with Crippen molar-refractivity contribution in [3.8, 4) is 0 Å². The van der Waals surface area contributed by atoms with Gasteiger partial charge in [-0.1, -0.05) is 36.8 Å². The van der Waals surface area contributed by atoms with E-state index in [1.54, 1.807) is 13.3 Å². The van der Waals surface area contributed by atoms with Crippen LogP contribution in [-0.4, -0.2) is 50.0 Å². The van der Waals surface area contributed by atoms with Gasteiger partial charge in [-0.3, -0.25) is 14.7 Å². The molecule has 8 heteroatoms. The molecule has 1 amide bonds. The van der Waals surface area contributed by atoms with Crippen molar-refractivity contribution in [3.05, 3.63) is 60.1 Å². The minimum Gasteiger partial charge on any atom is -0.468 e. The number of carbonyl (C=O) groups is 1. The normalized spacial score (nSPS) is 15.7. The smallest absolute Gasteiger partial charge is 0.239 e. The molecule has 1 atom stereocenters. The highest BCUT2D eigenvalue weighted by molar-refractivity contribution is 14.0. The van der Waals surface area contributed by atoms with E-state index in [9.17, 15) is 4.79 Å². The van der Waals surface area contributed by atoms with Crippen LogP contribution < -0.4 is 16.0 Å². The standard InChI is InChI=1S/C22H31N5O2.HI/c1-23-22(26-17-21(28)24-15-18-9-4-2-5-10-18)25-16-19(20-11-8-14-29-20)27-12-6-3-7-13-27;/h2,4-5,8-11,14,19H,3,6-7,12-13,15-17H2,1H3,(H,24,28)(H2,23,25,26);1H. The molecule has 7 nitrogen and oxygen atoms in total. The molecule has 0 saturated carbocycles. The molecule has 164 valence electrons. The van der Waals surface area contributed by atoms with Crippen LogP contribution in [0, 0.1) is 0 Å². The summed E-state index contributed by atoms with van der Waals surface area (Å²) < 4.78 is 5.68. The van der Waals surface area contributed by atoms with Gasteiger partial charge in [-0.25, -0.2) is 0 Å². The van der Waals surface area contributed by atoms with E-state index in [-0.39, 0.29) is 42.5 Å². The summed E-state index contributed by atoms with van der Waals surface area (Å²) in [7, 11) is 1.71. The van der Waals surface area contributed by atoms with Crippen molar-refractivity contribution in [1.29, 1.82) is 0 Å². The number of hydrogen-bond acceptors (Lipinski definition) is 4. The number of carbonyl (C=O) groups excluding carboxylic acids is 1. The van der Waals surface area contributed by atoms with E-state index < -0.39 is 0 Å². The third-order valence-corrected chi connectivity index (χ3v) is 5.14. The number of nitrogens with one attached hydrogen (secondary N) is 3. The molecular weight excluding hydrogens is 493 g/mol. The molecule has 0 radical (unpaired) electrons. The Morgan fingerprint density at radius 2 is 1.83 bits per heavy atom. The Hall–Kier alpha value is -2.07. The maximum Gasteiger partial charge on any atom is 0.239 e. The van der Waals surface area contributed by atoms with Crippen molar-refractivity contribution in [3.63, 3.8) is 0 Å². The second-order valence-electron chi connectivity index (χ2n) is 7.20. The van der Waals surface area contributed by atoms with Gasteiger partial charge in [-0.05, 0) is 43.6 Å². The van der Waals surface area contributed by atoms with Gasteiger partial charge >= 0.3 is 0 Å². The summed E-state index contributed by atoms with van der Waals surface area (Å²) in [5, 5.41) is 9.34. The molecule has 1 aliphatic rings. The van der Waals surface area contributed by atoms with Crippen LogP contribution in [0.15, 0.2) is 58.1 Å². The molecule has 1 aromatic heterocycles. The number of rotatable bonds is 8. The zero-order chi connectivity index (χ0) is 20.3. The third-order valence-electron chi connectivity index (χ3n) is 5.14. The number of halogens is 1. The molecule has 2 heterocycles. The van der Waals surface area contributed by atoms with Crippen LogP contribution in [0.25, 0.3) is 0 Å². The highest BCUT2D eigenvalue weighted by Gasteiger charge is 2.24. The second kappa shape index (κ2) is 13.3. The molecule has 1 unspecified atom stereocenters. The first kappa shape index (κ1) is 24.2. The second-order valence-corrected chi connectivity index (χ2v) is 7.20. The molecule has 1 saturated heterocycles. The van der Waals surface area contributed by atoms with E-state index in [1.165, 1.54) is 19.3 Å². The zero-order valence-electron chi connectivity index (χ0n) is 17.5. The van der Waals surface area contributed by atoms with Crippen LogP contribution in [0.5, 0.6) is 0 Å². The zero-order valence-corrected chi connectivity index (χ0v) is 19.8. The van der Waals surface area contributed by atoms with E-state index >= 15 is 0 Å². The van der Waals surface area contributed by atoms with Crippen molar-refractivity contribution in [2.75, 3.05) is 33.2 Å². The van der Waals surface area contributed by atoms with Gasteiger partial charge in [-0.15, -0.1) is 24.0 Å². The fraction of sp³-hybridized carbons (Fsp3) is 0.455. The number of aliphatic imine (C=N–C) groups is 1. The van der Waals surface area contributed by atoms with E-state index in [0.717, 1.165) is 24.4 Å². The largest absolute Gasteiger partial charge is 0.468 e. The van der Waals surface area contributed by atoms with Gasteiger partial charge in [-0.2, -0.15) is 0 Å². The maximum atomic E-state index is 12.1. The Morgan fingerprint density at radius 1 is 1.07 bits per heavy atom. The predicted molar refractivity (Wildman–Crippen MR) is 130 cm³/mol. The van der Waals surface area contributed by atoms with Crippen molar-refractivity contribution in [1.82, 2.24) is 20.9 Å². The minimum atomic E-state index is -0.0737. The maximum absolute atomic E-state index is 12.1. The molecule has 1 aliphatic heterocycles. The molecule has 30 heavy (non-hydrogen) atoms. The lowest BCUT2D eigenvalue weighted by Gasteiger charge is -2.33. The molecule has 3 N–H and O–H groups in total. The van der Waals surface area contributed by atoms with Crippen molar-refractivity contribution >= 4 is 35.8 Å². The lowest BCUT2D eigenvalue weighted by Crippen LogP contribution is -2.46. The summed E-state index contributed by atoms with van der Waals surface area (Å²) in [5.74, 6) is 1.49. The van der Waals surface area contributed by atoms with Crippen molar-refractivity contribution in [2.24, 2.45) is 4.99 Å². The quantitative estimate of drug-likeness (QED) is 0.281. The molecule has 0 spiro atoms. The van der Waals surface area contributed by atoms with Crippen LogP contribution in [0.1, 0.15) is 36.6 Å².